The number of rotatable bonds is 5. The Labute approximate surface area is 203 Å². The van der Waals surface area contributed by atoms with Crippen molar-refractivity contribution in [3.8, 4) is 0 Å². The molecule has 35 heavy (non-hydrogen) atoms. The number of nitrogens with one attached hydrogen (secondary N) is 3. The second-order valence-electron chi connectivity index (χ2n) is 9.52. The molecule has 1 atom stereocenters. The number of nitrogens with zero attached hydrogens (tertiary/aromatic N) is 1. The summed E-state index contributed by atoms with van der Waals surface area (Å²) in [7, 11) is 0. The highest BCUT2D eigenvalue weighted by molar-refractivity contribution is 6.09. The number of hydrogen-bond donors (Lipinski definition) is 3. The summed E-state index contributed by atoms with van der Waals surface area (Å²) in [5.74, 6) is -0.843. The van der Waals surface area contributed by atoms with Crippen molar-refractivity contribution in [1.29, 1.82) is 0 Å². The molecular weight excluding hydrogens is 444 g/mol. The van der Waals surface area contributed by atoms with Crippen molar-refractivity contribution in [3.05, 3.63) is 64.3 Å². The molecule has 0 saturated carbocycles. The molecule has 8 nitrogen and oxygen atoms in total. The van der Waals surface area contributed by atoms with Gasteiger partial charge in [0.25, 0.3) is 11.8 Å². The summed E-state index contributed by atoms with van der Waals surface area (Å²) in [6.07, 6.45) is 1.23. The number of piperidine rings is 1. The van der Waals surface area contributed by atoms with E-state index in [1.165, 1.54) is 10.5 Å². The molecule has 4 amide bonds. The number of imide groups is 1. The lowest BCUT2D eigenvalue weighted by Crippen LogP contribution is -2.52. The summed E-state index contributed by atoms with van der Waals surface area (Å²) in [6.45, 7) is 6.58. The van der Waals surface area contributed by atoms with E-state index in [-0.39, 0.29) is 30.7 Å². The van der Waals surface area contributed by atoms with Crippen LogP contribution in [0.5, 0.6) is 0 Å². The highest BCUT2D eigenvalue weighted by Crippen LogP contribution is 2.31. The van der Waals surface area contributed by atoms with E-state index in [4.69, 9.17) is 0 Å². The number of hydrogen-bond acceptors (Lipinski definition) is 4. The number of anilines is 1. The highest BCUT2D eigenvalue weighted by Gasteiger charge is 2.39. The molecule has 1 saturated heterocycles. The highest BCUT2D eigenvalue weighted by atomic mass is 16.2. The molecule has 3 N–H and O–H groups in total. The van der Waals surface area contributed by atoms with Crippen LogP contribution in [0.3, 0.4) is 0 Å². The van der Waals surface area contributed by atoms with Gasteiger partial charge in [-0.15, -0.1) is 0 Å². The van der Waals surface area contributed by atoms with E-state index in [0.717, 1.165) is 22.0 Å². The Kier molecular flexibility index (Phi) is 5.67. The molecule has 0 bridgehead atoms. The molecule has 0 radical (unpaired) electrons. The lowest BCUT2D eigenvalue weighted by atomic mass is 9.99. The number of amides is 4. The Morgan fingerprint density at radius 2 is 1.94 bits per heavy atom. The molecule has 3 heterocycles. The van der Waals surface area contributed by atoms with Crippen molar-refractivity contribution >= 4 is 40.2 Å². The van der Waals surface area contributed by atoms with Crippen molar-refractivity contribution in [2.24, 2.45) is 0 Å². The van der Waals surface area contributed by atoms with Crippen LogP contribution in [0.1, 0.15) is 77.1 Å². The second kappa shape index (κ2) is 8.69. The standard InChI is InChI=1S/C27H28N4O4/c1-4-18-20-12-15(14(2)3)5-8-21(20)29-24(18)26(34)28-17-6-7-19-16(11-17)13-31(27(19)35)22-9-10-23(32)30-25(22)33/h5-8,11-12,14,22,29H,4,9-10,13H2,1-3H3,(H,28,34)(H,30,32,33). The van der Waals surface area contributed by atoms with E-state index in [1.54, 1.807) is 18.2 Å². The number of aromatic amines is 1. The van der Waals surface area contributed by atoms with Crippen LogP contribution in [0.15, 0.2) is 36.4 Å². The fourth-order valence-corrected chi connectivity index (χ4v) is 5.03. The zero-order valence-corrected chi connectivity index (χ0v) is 20.0. The topological polar surface area (TPSA) is 111 Å². The zero-order chi connectivity index (χ0) is 24.9. The molecule has 3 aromatic rings. The van der Waals surface area contributed by atoms with E-state index in [2.05, 4.69) is 41.6 Å². The quantitative estimate of drug-likeness (QED) is 0.490. The first-order valence-corrected chi connectivity index (χ1v) is 12.0. The van der Waals surface area contributed by atoms with E-state index < -0.39 is 11.9 Å². The predicted octanol–water partition coefficient (Wildman–Crippen LogP) is 3.87. The molecule has 8 heteroatoms. The van der Waals surface area contributed by atoms with Gasteiger partial charge in [-0.2, -0.15) is 0 Å². The van der Waals surface area contributed by atoms with Crippen LogP contribution in [0.25, 0.3) is 10.9 Å². The molecular formula is C27H28N4O4. The van der Waals surface area contributed by atoms with Gasteiger partial charge in [-0.25, -0.2) is 0 Å². The zero-order valence-electron chi connectivity index (χ0n) is 20.0. The van der Waals surface area contributed by atoms with Gasteiger partial charge < -0.3 is 15.2 Å². The van der Waals surface area contributed by atoms with Crippen LogP contribution in [0.2, 0.25) is 0 Å². The maximum atomic E-state index is 13.2. The van der Waals surface area contributed by atoms with Gasteiger partial charge in [0.05, 0.1) is 0 Å². The number of fused-ring (bicyclic) bond motifs is 2. The van der Waals surface area contributed by atoms with E-state index in [1.807, 2.05) is 13.0 Å². The molecule has 5 rings (SSSR count). The fraction of sp³-hybridized carbons (Fsp3) is 0.333. The van der Waals surface area contributed by atoms with Gasteiger partial charge in [-0.3, -0.25) is 24.5 Å². The maximum absolute atomic E-state index is 13.2. The average molecular weight is 473 g/mol. The van der Waals surface area contributed by atoms with Crippen molar-refractivity contribution in [2.75, 3.05) is 5.32 Å². The lowest BCUT2D eigenvalue weighted by molar-refractivity contribution is -0.136. The van der Waals surface area contributed by atoms with Crippen molar-refractivity contribution in [2.45, 2.75) is 58.5 Å². The summed E-state index contributed by atoms with van der Waals surface area (Å²) < 4.78 is 0. The first-order valence-electron chi connectivity index (χ1n) is 12.0. The summed E-state index contributed by atoms with van der Waals surface area (Å²) in [5, 5.41) is 6.33. The van der Waals surface area contributed by atoms with Gasteiger partial charge >= 0.3 is 0 Å². The summed E-state index contributed by atoms with van der Waals surface area (Å²) in [4.78, 5) is 54.6. The largest absolute Gasteiger partial charge is 0.350 e. The van der Waals surface area contributed by atoms with E-state index in [0.29, 0.717) is 35.7 Å². The molecule has 2 aromatic carbocycles. The minimum Gasteiger partial charge on any atom is -0.350 e. The second-order valence-corrected chi connectivity index (χ2v) is 9.52. The Morgan fingerprint density at radius 1 is 1.14 bits per heavy atom. The first kappa shape index (κ1) is 22.8. The van der Waals surface area contributed by atoms with Gasteiger partial charge in [0, 0.05) is 35.1 Å². The maximum Gasteiger partial charge on any atom is 0.272 e. The third-order valence-electron chi connectivity index (χ3n) is 6.96. The van der Waals surface area contributed by atoms with Gasteiger partial charge in [-0.05, 0) is 65.8 Å². The fourth-order valence-electron chi connectivity index (χ4n) is 5.03. The Balaban J connectivity index is 1.38. The minimum absolute atomic E-state index is 0.209. The van der Waals surface area contributed by atoms with Crippen LogP contribution in [0.4, 0.5) is 5.69 Å². The minimum atomic E-state index is -0.667. The molecule has 1 aromatic heterocycles. The number of carbonyl (C=O) groups excluding carboxylic acids is 4. The van der Waals surface area contributed by atoms with Crippen molar-refractivity contribution in [1.82, 2.24) is 15.2 Å². The summed E-state index contributed by atoms with van der Waals surface area (Å²) in [6, 6.07) is 10.7. The van der Waals surface area contributed by atoms with Gasteiger partial charge in [0.2, 0.25) is 11.8 Å². The third-order valence-corrected chi connectivity index (χ3v) is 6.96. The Hall–Kier alpha value is -3.94. The average Bonchev–Trinajstić information content (AvgIpc) is 3.36. The van der Waals surface area contributed by atoms with Crippen LogP contribution >= 0.6 is 0 Å². The number of carbonyl (C=O) groups is 4. The van der Waals surface area contributed by atoms with Gasteiger partial charge in [-0.1, -0.05) is 26.8 Å². The lowest BCUT2D eigenvalue weighted by Gasteiger charge is -2.29. The monoisotopic (exact) mass is 472 g/mol. The van der Waals surface area contributed by atoms with E-state index in [9.17, 15) is 19.2 Å². The number of aromatic nitrogens is 1. The normalized spacial score (nSPS) is 17.8. The molecule has 1 fully saturated rings. The summed E-state index contributed by atoms with van der Waals surface area (Å²) in [5.41, 5.74) is 5.49. The molecule has 0 aliphatic carbocycles. The van der Waals surface area contributed by atoms with Crippen LogP contribution < -0.4 is 10.6 Å². The molecule has 2 aliphatic heterocycles. The van der Waals surface area contributed by atoms with Crippen LogP contribution in [0, 0.1) is 0 Å². The van der Waals surface area contributed by atoms with E-state index >= 15 is 0 Å². The molecule has 2 aliphatic rings. The summed E-state index contributed by atoms with van der Waals surface area (Å²) >= 11 is 0. The number of benzene rings is 2. The Bertz CT molecular complexity index is 1390. The van der Waals surface area contributed by atoms with Crippen molar-refractivity contribution in [3.63, 3.8) is 0 Å². The van der Waals surface area contributed by atoms with Crippen LogP contribution in [-0.4, -0.2) is 39.6 Å². The molecule has 1 unspecified atom stereocenters. The van der Waals surface area contributed by atoms with Gasteiger partial charge in [0.15, 0.2) is 0 Å². The Morgan fingerprint density at radius 3 is 2.66 bits per heavy atom. The first-order chi connectivity index (χ1) is 16.8. The smallest absolute Gasteiger partial charge is 0.272 e. The molecule has 180 valence electrons. The molecule has 0 spiro atoms. The predicted molar refractivity (Wildman–Crippen MR) is 132 cm³/mol. The van der Waals surface area contributed by atoms with Crippen molar-refractivity contribution < 1.29 is 19.2 Å². The van der Waals surface area contributed by atoms with Crippen LogP contribution in [-0.2, 0) is 22.6 Å². The van der Waals surface area contributed by atoms with Gasteiger partial charge in [0.1, 0.15) is 11.7 Å². The SMILES string of the molecule is CCc1c(C(=O)Nc2ccc3c(c2)CN(C2CCC(=O)NC2=O)C3=O)[nH]c2ccc(C(C)C)cc12. The number of aryl methyl sites for hydroxylation is 1. The third kappa shape index (κ3) is 3.99. The number of H-pyrrole nitrogens is 1.